The highest BCUT2D eigenvalue weighted by molar-refractivity contribution is 5.69. The summed E-state index contributed by atoms with van der Waals surface area (Å²) in [5, 5.41) is 8.92. The van der Waals surface area contributed by atoms with E-state index >= 15 is 0 Å². The highest BCUT2D eigenvalue weighted by atomic mass is 16.4. The topological polar surface area (TPSA) is 63.1 Å². The molecule has 0 aliphatic heterocycles. The molecular weight excluding hydrogens is 216 g/mol. The number of rotatable bonds is 3. The maximum Gasteiger partial charge on any atom is 0.306 e. The van der Waals surface area contributed by atoms with Crippen LogP contribution in [0.15, 0.2) is 12.4 Å². The summed E-state index contributed by atoms with van der Waals surface area (Å²) in [5.41, 5.74) is 1.16. The molecule has 0 saturated heterocycles. The van der Waals surface area contributed by atoms with Gasteiger partial charge in [-0.2, -0.15) is 0 Å². The van der Waals surface area contributed by atoms with E-state index in [1.807, 2.05) is 19.3 Å². The maximum absolute atomic E-state index is 10.8. The minimum absolute atomic E-state index is 0.125. The van der Waals surface area contributed by atoms with Gasteiger partial charge in [-0.25, -0.2) is 9.97 Å². The second-order valence-corrected chi connectivity index (χ2v) is 4.90. The molecule has 0 radical (unpaired) electrons. The minimum Gasteiger partial charge on any atom is -0.481 e. The molecule has 1 aliphatic carbocycles. The zero-order chi connectivity index (χ0) is 12.3. The molecule has 1 aromatic heterocycles. The number of aliphatic carboxylic acids is 1. The van der Waals surface area contributed by atoms with Gasteiger partial charge in [0.25, 0.3) is 0 Å². The van der Waals surface area contributed by atoms with Crippen LogP contribution in [0.1, 0.15) is 37.1 Å². The highest BCUT2D eigenvalue weighted by Crippen LogP contribution is 2.30. The smallest absolute Gasteiger partial charge is 0.306 e. The van der Waals surface area contributed by atoms with Crippen LogP contribution in [-0.2, 0) is 11.2 Å². The third-order valence-electron chi connectivity index (χ3n) is 3.55. The van der Waals surface area contributed by atoms with Crippen LogP contribution >= 0.6 is 0 Å². The van der Waals surface area contributed by atoms with Gasteiger partial charge in [0.15, 0.2) is 0 Å². The molecule has 17 heavy (non-hydrogen) atoms. The van der Waals surface area contributed by atoms with E-state index in [4.69, 9.17) is 5.11 Å². The molecule has 0 aromatic carbocycles. The SMILES string of the molecule is Cc1ncc(C[C@H]2CC[C@H](C(=O)O)CC2)cn1. The molecule has 0 amide bonds. The van der Waals surface area contributed by atoms with Crippen LogP contribution in [-0.4, -0.2) is 21.0 Å². The van der Waals surface area contributed by atoms with Crippen molar-refractivity contribution in [1.29, 1.82) is 0 Å². The summed E-state index contributed by atoms with van der Waals surface area (Å²) in [6.45, 7) is 1.88. The Morgan fingerprint density at radius 3 is 2.41 bits per heavy atom. The molecule has 2 rings (SSSR count). The van der Waals surface area contributed by atoms with Gasteiger partial charge in [-0.05, 0) is 50.5 Å². The molecule has 1 heterocycles. The lowest BCUT2D eigenvalue weighted by Gasteiger charge is -2.25. The zero-order valence-corrected chi connectivity index (χ0v) is 10.1. The predicted octanol–water partition coefficient (Wildman–Crippen LogP) is 2.22. The second-order valence-electron chi connectivity index (χ2n) is 4.90. The van der Waals surface area contributed by atoms with Gasteiger partial charge in [-0.15, -0.1) is 0 Å². The van der Waals surface area contributed by atoms with E-state index < -0.39 is 5.97 Å². The van der Waals surface area contributed by atoms with Crippen LogP contribution in [0.5, 0.6) is 0 Å². The lowest BCUT2D eigenvalue weighted by Crippen LogP contribution is -2.22. The van der Waals surface area contributed by atoms with E-state index in [9.17, 15) is 4.79 Å². The third kappa shape index (κ3) is 3.25. The Balaban J connectivity index is 1.85. The Bertz CT molecular complexity index is 381. The fourth-order valence-electron chi connectivity index (χ4n) is 2.47. The first kappa shape index (κ1) is 12.0. The van der Waals surface area contributed by atoms with E-state index in [2.05, 4.69) is 9.97 Å². The monoisotopic (exact) mass is 234 g/mol. The molecule has 0 atom stereocenters. The number of nitrogens with zero attached hydrogens (tertiary/aromatic N) is 2. The fraction of sp³-hybridized carbons (Fsp3) is 0.615. The summed E-state index contributed by atoms with van der Waals surface area (Å²) in [6.07, 6.45) is 8.37. The molecular formula is C13H18N2O2. The molecule has 0 unspecified atom stereocenters. The van der Waals surface area contributed by atoms with Crippen LogP contribution < -0.4 is 0 Å². The molecule has 1 aliphatic rings. The minimum atomic E-state index is -0.637. The quantitative estimate of drug-likeness (QED) is 0.871. The first-order chi connectivity index (χ1) is 8.15. The normalized spacial score (nSPS) is 24.5. The van der Waals surface area contributed by atoms with E-state index in [-0.39, 0.29) is 5.92 Å². The number of carboxylic acids is 1. The summed E-state index contributed by atoms with van der Waals surface area (Å²) in [7, 11) is 0. The Labute approximate surface area is 101 Å². The van der Waals surface area contributed by atoms with Crippen molar-refractivity contribution >= 4 is 5.97 Å². The van der Waals surface area contributed by atoms with Crippen molar-refractivity contribution in [2.45, 2.75) is 39.0 Å². The molecule has 0 spiro atoms. The number of aryl methyl sites for hydroxylation is 1. The van der Waals surface area contributed by atoms with Crippen molar-refractivity contribution in [3.63, 3.8) is 0 Å². The fourth-order valence-corrected chi connectivity index (χ4v) is 2.47. The number of hydrogen-bond acceptors (Lipinski definition) is 3. The molecule has 92 valence electrons. The third-order valence-corrected chi connectivity index (χ3v) is 3.55. The van der Waals surface area contributed by atoms with Crippen molar-refractivity contribution in [1.82, 2.24) is 9.97 Å². The van der Waals surface area contributed by atoms with E-state index in [1.165, 1.54) is 0 Å². The Morgan fingerprint density at radius 2 is 1.88 bits per heavy atom. The summed E-state index contributed by atoms with van der Waals surface area (Å²) in [6, 6.07) is 0. The van der Waals surface area contributed by atoms with Gasteiger partial charge in [-0.3, -0.25) is 4.79 Å². The molecule has 0 bridgehead atoms. The lowest BCUT2D eigenvalue weighted by atomic mass is 9.79. The Morgan fingerprint density at radius 1 is 1.29 bits per heavy atom. The van der Waals surface area contributed by atoms with Gasteiger partial charge in [0.05, 0.1) is 5.92 Å². The number of carboxylic acid groups (broad SMARTS) is 1. The number of aromatic nitrogens is 2. The first-order valence-corrected chi connectivity index (χ1v) is 6.15. The molecule has 1 saturated carbocycles. The van der Waals surface area contributed by atoms with Crippen molar-refractivity contribution < 1.29 is 9.90 Å². The lowest BCUT2D eigenvalue weighted by molar-refractivity contribution is -0.143. The van der Waals surface area contributed by atoms with Crippen molar-refractivity contribution in [3.8, 4) is 0 Å². The van der Waals surface area contributed by atoms with Gasteiger partial charge in [0, 0.05) is 12.4 Å². The Hall–Kier alpha value is -1.45. The molecule has 1 fully saturated rings. The highest BCUT2D eigenvalue weighted by Gasteiger charge is 2.25. The van der Waals surface area contributed by atoms with Crippen LogP contribution in [0.3, 0.4) is 0 Å². The van der Waals surface area contributed by atoms with Gasteiger partial charge in [0.2, 0.25) is 0 Å². The average Bonchev–Trinajstić information content (AvgIpc) is 2.33. The molecule has 4 heteroatoms. The van der Waals surface area contributed by atoms with Gasteiger partial charge in [0.1, 0.15) is 5.82 Å². The summed E-state index contributed by atoms with van der Waals surface area (Å²) in [4.78, 5) is 19.2. The number of carbonyl (C=O) groups is 1. The van der Waals surface area contributed by atoms with E-state index in [1.54, 1.807) is 0 Å². The maximum atomic E-state index is 10.8. The van der Waals surface area contributed by atoms with Gasteiger partial charge < -0.3 is 5.11 Å². The second kappa shape index (κ2) is 5.25. The molecule has 4 nitrogen and oxygen atoms in total. The predicted molar refractivity (Wildman–Crippen MR) is 63.6 cm³/mol. The van der Waals surface area contributed by atoms with Crippen molar-refractivity contribution in [3.05, 3.63) is 23.8 Å². The Kier molecular flexibility index (Phi) is 3.71. The standard InChI is InChI=1S/C13H18N2O2/c1-9-14-7-11(8-15-9)6-10-2-4-12(5-3-10)13(16)17/h7-8,10,12H,2-6H2,1H3,(H,16,17)/t10-,12-. The average molecular weight is 234 g/mol. The molecule has 1 N–H and O–H groups in total. The van der Waals surface area contributed by atoms with Crippen molar-refractivity contribution in [2.24, 2.45) is 11.8 Å². The van der Waals surface area contributed by atoms with Crippen LogP contribution in [0, 0.1) is 18.8 Å². The summed E-state index contributed by atoms with van der Waals surface area (Å²) >= 11 is 0. The van der Waals surface area contributed by atoms with Gasteiger partial charge >= 0.3 is 5.97 Å². The van der Waals surface area contributed by atoms with Crippen LogP contribution in [0.4, 0.5) is 0 Å². The number of hydrogen-bond donors (Lipinski definition) is 1. The van der Waals surface area contributed by atoms with E-state index in [0.717, 1.165) is 43.5 Å². The molecule has 1 aromatic rings. The van der Waals surface area contributed by atoms with Crippen LogP contribution in [0.2, 0.25) is 0 Å². The largest absolute Gasteiger partial charge is 0.481 e. The van der Waals surface area contributed by atoms with Crippen molar-refractivity contribution in [2.75, 3.05) is 0 Å². The summed E-state index contributed by atoms with van der Waals surface area (Å²) < 4.78 is 0. The first-order valence-electron chi connectivity index (χ1n) is 6.15. The summed E-state index contributed by atoms with van der Waals surface area (Å²) in [5.74, 6) is 0.628. The zero-order valence-electron chi connectivity index (χ0n) is 10.1. The van der Waals surface area contributed by atoms with Gasteiger partial charge in [-0.1, -0.05) is 0 Å². The van der Waals surface area contributed by atoms with E-state index in [0.29, 0.717) is 5.92 Å². The van der Waals surface area contributed by atoms with Crippen LogP contribution in [0.25, 0.3) is 0 Å².